The van der Waals surface area contributed by atoms with E-state index in [1.165, 1.54) is 19.8 Å². The number of aliphatic hydroxyl groups is 2. The number of rotatable bonds is 4. The van der Waals surface area contributed by atoms with Crippen molar-refractivity contribution >= 4 is 17.5 Å². The Morgan fingerprint density at radius 2 is 2.00 bits per heavy atom. The molecule has 0 fully saturated rings. The van der Waals surface area contributed by atoms with E-state index in [1.54, 1.807) is 7.05 Å². The van der Waals surface area contributed by atoms with Crippen LogP contribution in [0.5, 0.6) is 0 Å². The van der Waals surface area contributed by atoms with Crippen molar-refractivity contribution in [3.63, 3.8) is 0 Å². The molecule has 8 heteroatoms. The summed E-state index contributed by atoms with van der Waals surface area (Å²) in [6.45, 7) is 6.23. The Balaban J connectivity index is 0.000000541. The molecule has 0 spiro atoms. The number of aromatic nitrogens is 2. The van der Waals surface area contributed by atoms with Gasteiger partial charge < -0.3 is 26.2 Å². The van der Waals surface area contributed by atoms with E-state index in [0.29, 0.717) is 18.3 Å². The van der Waals surface area contributed by atoms with Crippen molar-refractivity contribution in [2.24, 2.45) is 0 Å². The monoisotopic (exact) mass is 313 g/mol. The first-order valence-electron chi connectivity index (χ1n) is 7.63. The van der Waals surface area contributed by atoms with E-state index in [0.717, 1.165) is 0 Å². The average Bonchev–Trinajstić information content (AvgIpc) is 2.53. The number of hydrogen-bond donors (Lipinski definition) is 6. The third-order valence-electron chi connectivity index (χ3n) is 3.38. The van der Waals surface area contributed by atoms with Crippen LogP contribution in [0.25, 0.3) is 0 Å². The highest BCUT2D eigenvalue weighted by atomic mass is 16.3. The lowest BCUT2D eigenvalue weighted by atomic mass is 10.0. The molecule has 0 amide bonds. The molecule has 0 unspecified atom stereocenters. The molecule has 0 aromatic carbocycles. The Morgan fingerprint density at radius 3 is 2.50 bits per heavy atom. The second-order valence-corrected chi connectivity index (χ2v) is 5.25. The van der Waals surface area contributed by atoms with Gasteiger partial charge in [0.2, 0.25) is 5.95 Å². The summed E-state index contributed by atoms with van der Waals surface area (Å²) in [4.78, 5) is 18.5. The number of aliphatic hydroxyl groups excluding tert-OH is 2. The quantitative estimate of drug-likeness (QED) is 0.480. The average molecular weight is 313 g/mol. The molecule has 0 aliphatic carbocycles. The first kappa shape index (κ1) is 18.2. The molecule has 0 radical (unpaired) electrons. The normalized spacial score (nSPS) is 18.7. The van der Waals surface area contributed by atoms with Gasteiger partial charge in [-0.3, -0.25) is 9.78 Å². The molecule has 3 atom stereocenters. The maximum atomic E-state index is 11.8. The zero-order valence-electron chi connectivity index (χ0n) is 13.6. The highest BCUT2D eigenvalue weighted by Crippen LogP contribution is 2.22. The lowest BCUT2D eigenvalue weighted by molar-refractivity contribution is 0.0214. The van der Waals surface area contributed by atoms with E-state index in [4.69, 9.17) is 0 Å². The maximum Gasteiger partial charge on any atom is 0.277 e. The van der Waals surface area contributed by atoms with Gasteiger partial charge in [0.1, 0.15) is 11.8 Å². The Morgan fingerprint density at radius 1 is 1.36 bits per heavy atom. The van der Waals surface area contributed by atoms with Gasteiger partial charge in [0, 0.05) is 13.6 Å². The van der Waals surface area contributed by atoms with E-state index in [9.17, 15) is 15.0 Å². The topological polar surface area (TPSA) is 122 Å². The maximum absolute atomic E-state index is 11.8. The number of fused-ring (bicyclic) bond motifs is 1. The third-order valence-corrected chi connectivity index (χ3v) is 3.38. The van der Waals surface area contributed by atoms with Crippen molar-refractivity contribution in [1.82, 2.24) is 9.97 Å². The van der Waals surface area contributed by atoms with Crippen molar-refractivity contribution in [2.45, 2.75) is 51.9 Å². The van der Waals surface area contributed by atoms with Crippen LogP contribution in [0.4, 0.5) is 17.5 Å². The smallest absolute Gasteiger partial charge is 0.277 e. The minimum atomic E-state index is -0.964. The SMILES string of the molecule is CCCC.CNc1nc2c(c(=O)[nH]1)N[C@@H]([C@@H](O)[C@H](C)O)CN2. The Labute approximate surface area is 130 Å². The molecule has 2 heterocycles. The molecule has 126 valence electrons. The minimum Gasteiger partial charge on any atom is -0.391 e. The van der Waals surface area contributed by atoms with Crippen molar-refractivity contribution in [1.29, 1.82) is 0 Å². The summed E-state index contributed by atoms with van der Waals surface area (Å²) in [5.74, 6) is 0.791. The Kier molecular flexibility index (Phi) is 7.13. The molecule has 0 saturated heterocycles. The van der Waals surface area contributed by atoms with Gasteiger partial charge in [-0.2, -0.15) is 4.98 Å². The predicted molar refractivity (Wildman–Crippen MR) is 88.6 cm³/mol. The van der Waals surface area contributed by atoms with E-state index >= 15 is 0 Å². The first-order chi connectivity index (χ1) is 10.4. The van der Waals surface area contributed by atoms with E-state index in [1.807, 2.05) is 0 Å². The van der Waals surface area contributed by atoms with Crippen LogP contribution in [0.15, 0.2) is 4.79 Å². The zero-order chi connectivity index (χ0) is 16.7. The number of unbranched alkanes of at least 4 members (excludes halogenated alkanes) is 1. The summed E-state index contributed by atoms with van der Waals surface area (Å²) in [6.07, 6.45) is 0.795. The van der Waals surface area contributed by atoms with Gasteiger partial charge in [-0.25, -0.2) is 0 Å². The zero-order valence-corrected chi connectivity index (χ0v) is 13.6. The molecule has 22 heavy (non-hydrogen) atoms. The van der Waals surface area contributed by atoms with Crippen molar-refractivity contribution < 1.29 is 10.2 Å². The van der Waals surface area contributed by atoms with Crippen LogP contribution < -0.4 is 21.5 Å². The summed E-state index contributed by atoms with van der Waals surface area (Å²) in [7, 11) is 1.65. The van der Waals surface area contributed by atoms with Crippen molar-refractivity contribution in [3.8, 4) is 0 Å². The summed E-state index contributed by atoms with van der Waals surface area (Å²) >= 11 is 0. The Bertz CT molecular complexity index is 516. The number of anilines is 3. The molecular weight excluding hydrogens is 286 g/mol. The first-order valence-corrected chi connectivity index (χ1v) is 7.63. The number of nitrogens with zero attached hydrogens (tertiary/aromatic N) is 1. The number of hydrogen-bond acceptors (Lipinski definition) is 7. The largest absolute Gasteiger partial charge is 0.391 e. The standard InChI is InChI=1S/C10H17N5O3.C4H10/c1-4(16)7(17)5-3-12-8-6(13-5)9(18)15-10(11-2)14-8;1-3-4-2/h4-5,7,13,16-17H,3H2,1-2H3,(H3,11,12,14,15,18);3-4H2,1-2H3/t4-,5+,7-;/m0./s1. The van der Waals surface area contributed by atoms with Crippen LogP contribution >= 0.6 is 0 Å². The van der Waals surface area contributed by atoms with E-state index in [2.05, 4.69) is 39.8 Å². The highest BCUT2D eigenvalue weighted by molar-refractivity contribution is 5.67. The minimum absolute atomic E-state index is 0.268. The number of aromatic amines is 1. The number of nitrogens with one attached hydrogen (secondary N) is 4. The fourth-order valence-electron chi connectivity index (χ4n) is 1.84. The van der Waals surface area contributed by atoms with Gasteiger partial charge >= 0.3 is 0 Å². The van der Waals surface area contributed by atoms with Gasteiger partial charge in [0.15, 0.2) is 5.82 Å². The van der Waals surface area contributed by atoms with Crippen LogP contribution in [-0.2, 0) is 0 Å². The molecule has 1 aromatic heterocycles. The van der Waals surface area contributed by atoms with Gasteiger partial charge in [-0.15, -0.1) is 0 Å². The molecule has 1 aliphatic rings. The molecular formula is C14H27N5O3. The lowest BCUT2D eigenvalue weighted by Crippen LogP contribution is -2.48. The number of H-pyrrole nitrogens is 1. The van der Waals surface area contributed by atoms with Crippen LogP contribution in [0.3, 0.4) is 0 Å². The second kappa shape index (κ2) is 8.60. The molecule has 0 saturated carbocycles. The molecule has 2 rings (SSSR count). The third kappa shape index (κ3) is 4.60. The van der Waals surface area contributed by atoms with E-state index in [-0.39, 0.29) is 11.2 Å². The molecule has 1 aliphatic heterocycles. The lowest BCUT2D eigenvalue weighted by Gasteiger charge is -2.31. The van der Waals surface area contributed by atoms with E-state index < -0.39 is 18.2 Å². The van der Waals surface area contributed by atoms with Gasteiger partial charge in [-0.1, -0.05) is 26.7 Å². The van der Waals surface area contributed by atoms with Gasteiger partial charge in [-0.05, 0) is 6.92 Å². The fourth-order valence-corrected chi connectivity index (χ4v) is 1.84. The summed E-state index contributed by atoms with van der Waals surface area (Å²) in [5.41, 5.74) is -0.0655. The van der Waals surface area contributed by atoms with Crippen LogP contribution in [0.1, 0.15) is 33.6 Å². The van der Waals surface area contributed by atoms with Crippen molar-refractivity contribution in [2.75, 3.05) is 29.5 Å². The molecule has 6 N–H and O–H groups in total. The van der Waals surface area contributed by atoms with Crippen LogP contribution in [0, 0.1) is 0 Å². The summed E-state index contributed by atoms with van der Waals surface area (Å²) in [6, 6.07) is -0.444. The second-order valence-electron chi connectivity index (χ2n) is 5.25. The van der Waals surface area contributed by atoms with Crippen LogP contribution in [-0.4, -0.2) is 52.0 Å². The van der Waals surface area contributed by atoms with Crippen molar-refractivity contribution in [3.05, 3.63) is 10.4 Å². The highest BCUT2D eigenvalue weighted by Gasteiger charge is 2.29. The van der Waals surface area contributed by atoms with Gasteiger partial charge in [0.05, 0.1) is 12.1 Å². The fraction of sp³-hybridized carbons (Fsp3) is 0.714. The summed E-state index contributed by atoms with van der Waals surface area (Å²) < 4.78 is 0. The predicted octanol–water partition coefficient (Wildman–Crippen LogP) is 0.566. The molecule has 1 aromatic rings. The Hall–Kier alpha value is -1.80. The molecule has 0 bridgehead atoms. The van der Waals surface area contributed by atoms with Crippen LogP contribution in [0.2, 0.25) is 0 Å². The summed E-state index contributed by atoms with van der Waals surface area (Å²) in [5, 5.41) is 27.7. The molecule has 8 nitrogen and oxygen atoms in total. The van der Waals surface area contributed by atoms with Gasteiger partial charge in [0.25, 0.3) is 5.56 Å².